The topological polar surface area (TPSA) is 54.3 Å². The first kappa shape index (κ1) is 11.3. The summed E-state index contributed by atoms with van der Waals surface area (Å²) >= 11 is 0. The largest absolute Gasteiger partial charge is 0.341 e. The fourth-order valence-electron chi connectivity index (χ4n) is 3.22. The molecule has 1 aromatic rings. The predicted molar refractivity (Wildman–Crippen MR) is 67.6 cm³/mol. The number of carbonyl (C=O) groups excluding carboxylic acids is 1. The van der Waals surface area contributed by atoms with Crippen LogP contribution < -0.4 is 10.9 Å². The number of hydrogen-bond acceptors (Lipinski definition) is 2. The summed E-state index contributed by atoms with van der Waals surface area (Å²) in [6.07, 6.45) is 1.08. The average molecular weight is 247 g/mol. The second-order valence-corrected chi connectivity index (χ2v) is 5.16. The van der Waals surface area contributed by atoms with Crippen molar-refractivity contribution in [3.63, 3.8) is 0 Å². The highest BCUT2D eigenvalue weighted by atomic mass is 16.2. The molecule has 3 rings (SSSR count). The molecule has 18 heavy (non-hydrogen) atoms. The lowest BCUT2D eigenvalue weighted by Crippen LogP contribution is -2.51. The highest BCUT2D eigenvalue weighted by molar-refractivity contribution is 5.74. The maximum absolute atomic E-state index is 11.8. The Balaban J connectivity index is 1.95. The van der Waals surface area contributed by atoms with E-state index < -0.39 is 0 Å². The highest BCUT2D eigenvalue weighted by Gasteiger charge is 2.35. The molecule has 1 N–H and O–H groups in total. The van der Waals surface area contributed by atoms with Crippen LogP contribution in [0.2, 0.25) is 0 Å². The Morgan fingerprint density at radius 2 is 2.17 bits per heavy atom. The number of piperidine rings is 1. The van der Waals surface area contributed by atoms with Gasteiger partial charge in [-0.15, -0.1) is 0 Å². The maximum atomic E-state index is 11.8. The molecule has 0 spiro atoms. The summed E-state index contributed by atoms with van der Waals surface area (Å²) in [7, 11) is 1.66. The molecule has 0 radical (unpaired) electrons. The SMILES string of the molecule is CNC(=O)N1CC2CC(C1)c1cccc(=O)n1C2. The quantitative estimate of drug-likeness (QED) is 0.730. The first-order chi connectivity index (χ1) is 8.69. The fraction of sp³-hybridized carbons (Fsp3) is 0.538. The molecule has 2 amide bonds. The summed E-state index contributed by atoms with van der Waals surface area (Å²) in [5, 5.41) is 2.68. The lowest BCUT2D eigenvalue weighted by molar-refractivity contribution is 0.132. The molecule has 1 fully saturated rings. The van der Waals surface area contributed by atoms with Gasteiger partial charge in [-0.2, -0.15) is 0 Å². The van der Waals surface area contributed by atoms with E-state index >= 15 is 0 Å². The Hall–Kier alpha value is -1.78. The highest BCUT2D eigenvalue weighted by Crippen LogP contribution is 2.34. The molecule has 3 heterocycles. The van der Waals surface area contributed by atoms with E-state index in [2.05, 4.69) is 5.32 Å². The van der Waals surface area contributed by atoms with Crippen molar-refractivity contribution in [1.82, 2.24) is 14.8 Å². The van der Waals surface area contributed by atoms with Crippen LogP contribution in [0.5, 0.6) is 0 Å². The molecule has 0 saturated carbocycles. The number of aromatic nitrogens is 1. The number of nitrogens with one attached hydrogen (secondary N) is 1. The van der Waals surface area contributed by atoms with Gasteiger partial charge in [-0.25, -0.2) is 4.79 Å². The van der Waals surface area contributed by atoms with Crippen LogP contribution in [0.3, 0.4) is 0 Å². The van der Waals surface area contributed by atoms with E-state index in [4.69, 9.17) is 0 Å². The minimum Gasteiger partial charge on any atom is -0.341 e. The number of fused-ring (bicyclic) bond motifs is 4. The zero-order valence-electron chi connectivity index (χ0n) is 10.4. The summed E-state index contributed by atoms with van der Waals surface area (Å²) in [6, 6.07) is 5.42. The predicted octanol–water partition coefficient (Wildman–Crippen LogP) is 0.607. The first-order valence-electron chi connectivity index (χ1n) is 6.35. The second kappa shape index (κ2) is 4.15. The Morgan fingerprint density at radius 3 is 2.94 bits per heavy atom. The minimum atomic E-state index is -0.0172. The third-order valence-corrected chi connectivity index (χ3v) is 3.98. The Labute approximate surface area is 105 Å². The standard InChI is InChI=1S/C13H17N3O2/c1-14-13(18)15-6-9-5-10(8-15)11-3-2-4-12(17)16(11)7-9/h2-4,9-10H,5-8H2,1H3,(H,14,18). The van der Waals surface area contributed by atoms with Crippen molar-refractivity contribution in [1.29, 1.82) is 0 Å². The number of nitrogens with zero attached hydrogens (tertiary/aromatic N) is 2. The number of likely N-dealkylation sites (tertiary alicyclic amines) is 1. The molecule has 1 aromatic heterocycles. The van der Waals surface area contributed by atoms with Crippen molar-refractivity contribution in [2.24, 2.45) is 5.92 Å². The van der Waals surface area contributed by atoms with Gasteiger partial charge in [0.05, 0.1) is 0 Å². The van der Waals surface area contributed by atoms with E-state index in [1.165, 1.54) is 0 Å². The number of carbonyl (C=O) groups is 1. The molecule has 2 aliphatic rings. The van der Waals surface area contributed by atoms with Gasteiger partial charge in [0.15, 0.2) is 0 Å². The molecule has 5 heteroatoms. The van der Waals surface area contributed by atoms with Crippen molar-refractivity contribution < 1.29 is 4.79 Å². The lowest BCUT2D eigenvalue weighted by Gasteiger charge is -2.42. The van der Waals surface area contributed by atoms with Crippen molar-refractivity contribution in [2.75, 3.05) is 20.1 Å². The van der Waals surface area contributed by atoms with Crippen LogP contribution in [0.15, 0.2) is 23.0 Å². The molecule has 2 aliphatic heterocycles. The van der Waals surface area contributed by atoms with Gasteiger partial charge in [0.1, 0.15) is 0 Å². The van der Waals surface area contributed by atoms with E-state index in [9.17, 15) is 9.59 Å². The second-order valence-electron chi connectivity index (χ2n) is 5.16. The Bertz CT molecular complexity index is 537. The monoisotopic (exact) mass is 247 g/mol. The molecule has 2 bridgehead atoms. The smallest absolute Gasteiger partial charge is 0.317 e. The van der Waals surface area contributed by atoms with Gasteiger partial charge in [0.2, 0.25) is 0 Å². The van der Waals surface area contributed by atoms with Crippen molar-refractivity contribution in [3.8, 4) is 0 Å². The van der Waals surface area contributed by atoms with Crippen LogP contribution in [0.1, 0.15) is 18.0 Å². The van der Waals surface area contributed by atoms with Crippen LogP contribution in [0, 0.1) is 5.92 Å². The lowest BCUT2D eigenvalue weighted by atomic mass is 9.83. The van der Waals surface area contributed by atoms with Gasteiger partial charge in [-0.05, 0) is 18.4 Å². The van der Waals surface area contributed by atoms with Crippen LogP contribution >= 0.6 is 0 Å². The van der Waals surface area contributed by atoms with Gasteiger partial charge in [0, 0.05) is 44.4 Å². The van der Waals surface area contributed by atoms with Gasteiger partial charge in [-0.1, -0.05) is 6.07 Å². The van der Waals surface area contributed by atoms with Crippen LogP contribution in [0.4, 0.5) is 4.79 Å². The number of hydrogen-bond donors (Lipinski definition) is 1. The number of pyridine rings is 1. The third-order valence-electron chi connectivity index (χ3n) is 3.98. The van der Waals surface area contributed by atoms with Crippen molar-refractivity contribution in [3.05, 3.63) is 34.2 Å². The van der Waals surface area contributed by atoms with E-state index in [-0.39, 0.29) is 11.6 Å². The number of amides is 2. The zero-order valence-corrected chi connectivity index (χ0v) is 10.4. The molecule has 96 valence electrons. The molecule has 0 aromatic carbocycles. The number of rotatable bonds is 0. The van der Waals surface area contributed by atoms with Gasteiger partial charge in [-0.3, -0.25) is 4.79 Å². The van der Waals surface area contributed by atoms with E-state index in [1.54, 1.807) is 13.1 Å². The summed E-state index contributed by atoms with van der Waals surface area (Å²) < 4.78 is 1.88. The Kier molecular flexibility index (Phi) is 2.61. The van der Waals surface area contributed by atoms with Crippen LogP contribution in [0.25, 0.3) is 0 Å². The molecular formula is C13H17N3O2. The summed E-state index contributed by atoms with van der Waals surface area (Å²) in [6.45, 7) is 2.19. The van der Waals surface area contributed by atoms with Crippen LogP contribution in [-0.4, -0.2) is 35.6 Å². The average Bonchev–Trinajstić information content (AvgIpc) is 2.39. The number of urea groups is 1. The summed E-state index contributed by atoms with van der Waals surface area (Å²) in [4.78, 5) is 25.4. The molecule has 1 saturated heterocycles. The van der Waals surface area contributed by atoms with Gasteiger partial charge in [0.25, 0.3) is 5.56 Å². The third kappa shape index (κ3) is 1.70. The molecular weight excluding hydrogens is 230 g/mol. The molecule has 2 atom stereocenters. The summed E-state index contributed by atoms with van der Waals surface area (Å²) in [5.74, 6) is 0.692. The first-order valence-corrected chi connectivity index (χ1v) is 6.35. The van der Waals surface area contributed by atoms with Gasteiger partial charge < -0.3 is 14.8 Å². The maximum Gasteiger partial charge on any atom is 0.317 e. The Morgan fingerprint density at radius 1 is 1.33 bits per heavy atom. The van der Waals surface area contributed by atoms with E-state index in [1.807, 2.05) is 21.6 Å². The fourth-order valence-corrected chi connectivity index (χ4v) is 3.22. The van der Waals surface area contributed by atoms with E-state index in [0.717, 1.165) is 25.2 Å². The van der Waals surface area contributed by atoms with Crippen molar-refractivity contribution in [2.45, 2.75) is 18.9 Å². The molecule has 2 unspecified atom stereocenters. The normalized spacial score (nSPS) is 25.5. The zero-order chi connectivity index (χ0) is 12.7. The van der Waals surface area contributed by atoms with Gasteiger partial charge >= 0.3 is 6.03 Å². The van der Waals surface area contributed by atoms with Crippen molar-refractivity contribution >= 4 is 6.03 Å². The van der Waals surface area contributed by atoms with Crippen LogP contribution in [-0.2, 0) is 6.54 Å². The molecule has 0 aliphatic carbocycles. The molecule has 5 nitrogen and oxygen atoms in total. The summed E-state index contributed by atoms with van der Waals surface area (Å²) in [5.41, 5.74) is 1.16. The van der Waals surface area contributed by atoms with E-state index in [0.29, 0.717) is 18.4 Å². The minimum absolute atomic E-state index is 0.0172.